The number of hydrogen-bond donors (Lipinski definition) is 3. The average Bonchev–Trinajstić information content (AvgIpc) is 2.75. The Labute approximate surface area is 189 Å². The number of carbonyl (C=O) groups is 3. The standard InChI is InChI=1S/C22H21ClN4O5/c1-4-14-6-5-7-16(10-14)25-19(28)12-24-22(30)20(13(2)3)26-21(29)15-8-9-17(23)18(11-15)27(31)32/h1,5-11,13,20H,12H2,2-3H3,(H,24,30)(H,25,28)(H,26,29). The van der Waals surface area contributed by atoms with Crippen molar-refractivity contribution in [2.75, 3.05) is 11.9 Å². The number of rotatable bonds is 8. The monoisotopic (exact) mass is 456 g/mol. The minimum atomic E-state index is -0.977. The molecule has 0 fully saturated rings. The van der Waals surface area contributed by atoms with Gasteiger partial charge in [0, 0.05) is 22.9 Å². The summed E-state index contributed by atoms with van der Waals surface area (Å²) in [6, 6.07) is 9.28. The Morgan fingerprint density at radius 3 is 2.53 bits per heavy atom. The van der Waals surface area contributed by atoms with E-state index in [-0.39, 0.29) is 23.0 Å². The minimum absolute atomic E-state index is 0.0225. The van der Waals surface area contributed by atoms with Crippen LogP contribution >= 0.6 is 11.6 Å². The summed E-state index contributed by atoms with van der Waals surface area (Å²) in [6.07, 6.45) is 5.33. The van der Waals surface area contributed by atoms with Gasteiger partial charge in [0.15, 0.2) is 0 Å². The molecule has 10 heteroatoms. The molecule has 166 valence electrons. The fourth-order valence-corrected chi connectivity index (χ4v) is 2.91. The fourth-order valence-electron chi connectivity index (χ4n) is 2.72. The van der Waals surface area contributed by atoms with Crippen molar-refractivity contribution < 1.29 is 19.3 Å². The Kier molecular flexibility index (Phi) is 8.32. The summed E-state index contributed by atoms with van der Waals surface area (Å²) in [4.78, 5) is 47.6. The van der Waals surface area contributed by atoms with Crippen LogP contribution in [0.5, 0.6) is 0 Å². The summed E-state index contributed by atoms with van der Waals surface area (Å²) in [5.74, 6) is 0.392. The number of carbonyl (C=O) groups excluding carboxylic acids is 3. The van der Waals surface area contributed by atoms with Crippen LogP contribution in [0.15, 0.2) is 42.5 Å². The van der Waals surface area contributed by atoms with Crippen LogP contribution < -0.4 is 16.0 Å². The highest BCUT2D eigenvalue weighted by Crippen LogP contribution is 2.25. The predicted octanol–water partition coefficient (Wildman–Crippen LogP) is 2.74. The Balaban J connectivity index is 2.01. The van der Waals surface area contributed by atoms with Crippen molar-refractivity contribution in [2.45, 2.75) is 19.9 Å². The number of terminal acetylenes is 1. The highest BCUT2D eigenvalue weighted by molar-refractivity contribution is 6.32. The Morgan fingerprint density at radius 1 is 1.19 bits per heavy atom. The zero-order valence-electron chi connectivity index (χ0n) is 17.3. The van der Waals surface area contributed by atoms with Crippen LogP contribution in [0.3, 0.4) is 0 Å². The molecule has 0 aliphatic carbocycles. The lowest BCUT2D eigenvalue weighted by Gasteiger charge is -2.21. The molecule has 0 bridgehead atoms. The van der Waals surface area contributed by atoms with Gasteiger partial charge in [0.1, 0.15) is 11.1 Å². The molecule has 1 atom stereocenters. The van der Waals surface area contributed by atoms with Crippen molar-refractivity contribution in [3.05, 3.63) is 68.7 Å². The number of halogens is 1. The Hall–Kier alpha value is -3.90. The molecule has 9 nitrogen and oxygen atoms in total. The van der Waals surface area contributed by atoms with E-state index < -0.39 is 34.4 Å². The average molecular weight is 457 g/mol. The highest BCUT2D eigenvalue weighted by atomic mass is 35.5. The maximum absolute atomic E-state index is 12.6. The van der Waals surface area contributed by atoms with E-state index in [1.807, 2.05) is 0 Å². The van der Waals surface area contributed by atoms with Gasteiger partial charge in [-0.2, -0.15) is 0 Å². The smallest absolute Gasteiger partial charge is 0.288 e. The third kappa shape index (κ3) is 6.55. The van der Waals surface area contributed by atoms with E-state index in [0.717, 1.165) is 6.07 Å². The lowest BCUT2D eigenvalue weighted by molar-refractivity contribution is -0.384. The van der Waals surface area contributed by atoms with Gasteiger partial charge >= 0.3 is 0 Å². The molecular weight excluding hydrogens is 436 g/mol. The van der Waals surface area contributed by atoms with Crippen molar-refractivity contribution in [1.82, 2.24) is 10.6 Å². The molecule has 0 saturated carbocycles. The normalized spacial score (nSPS) is 11.2. The van der Waals surface area contributed by atoms with Gasteiger partial charge in [0.05, 0.1) is 11.5 Å². The molecule has 1 unspecified atom stereocenters. The van der Waals surface area contributed by atoms with E-state index in [2.05, 4.69) is 21.9 Å². The van der Waals surface area contributed by atoms with Crippen LogP contribution in [0.2, 0.25) is 5.02 Å². The van der Waals surface area contributed by atoms with Gasteiger partial charge in [0.2, 0.25) is 11.8 Å². The number of nitro groups is 1. The molecule has 3 N–H and O–H groups in total. The molecule has 0 spiro atoms. The second-order valence-electron chi connectivity index (χ2n) is 7.11. The number of amides is 3. The third-order valence-electron chi connectivity index (χ3n) is 4.38. The van der Waals surface area contributed by atoms with Crippen LogP contribution in [0.4, 0.5) is 11.4 Å². The van der Waals surface area contributed by atoms with E-state index in [1.165, 1.54) is 12.1 Å². The zero-order valence-corrected chi connectivity index (χ0v) is 18.1. The maximum atomic E-state index is 12.6. The molecule has 0 heterocycles. The first-order chi connectivity index (χ1) is 15.1. The van der Waals surface area contributed by atoms with E-state index in [0.29, 0.717) is 11.3 Å². The summed E-state index contributed by atoms with van der Waals surface area (Å²) < 4.78 is 0. The van der Waals surface area contributed by atoms with Crippen LogP contribution in [0.1, 0.15) is 29.8 Å². The van der Waals surface area contributed by atoms with Crippen LogP contribution in [-0.4, -0.2) is 35.2 Å². The fraction of sp³-hybridized carbons (Fsp3) is 0.227. The topological polar surface area (TPSA) is 130 Å². The lowest BCUT2D eigenvalue weighted by atomic mass is 10.0. The maximum Gasteiger partial charge on any atom is 0.288 e. The number of nitrogens with zero attached hydrogens (tertiary/aromatic N) is 1. The van der Waals surface area contributed by atoms with Gasteiger partial charge in [-0.05, 0) is 36.2 Å². The number of nitro benzene ring substituents is 1. The second kappa shape index (κ2) is 10.9. The lowest BCUT2D eigenvalue weighted by Crippen LogP contribution is -2.51. The van der Waals surface area contributed by atoms with E-state index in [4.69, 9.17) is 18.0 Å². The van der Waals surface area contributed by atoms with Gasteiger partial charge in [-0.25, -0.2) is 0 Å². The summed E-state index contributed by atoms with van der Waals surface area (Å²) in [5, 5.41) is 18.5. The van der Waals surface area contributed by atoms with Gasteiger partial charge in [-0.3, -0.25) is 24.5 Å². The third-order valence-corrected chi connectivity index (χ3v) is 4.70. The number of benzene rings is 2. The largest absolute Gasteiger partial charge is 0.345 e. The van der Waals surface area contributed by atoms with E-state index in [9.17, 15) is 24.5 Å². The van der Waals surface area contributed by atoms with Gasteiger partial charge in [-0.15, -0.1) is 6.42 Å². The Morgan fingerprint density at radius 2 is 1.91 bits per heavy atom. The quantitative estimate of drug-likeness (QED) is 0.319. The van der Waals surface area contributed by atoms with Gasteiger partial charge in [-0.1, -0.05) is 37.4 Å². The van der Waals surface area contributed by atoms with E-state index in [1.54, 1.807) is 38.1 Å². The van der Waals surface area contributed by atoms with Crippen LogP contribution in [-0.2, 0) is 9.59 Å². The van der Waals surface area contributed by atoms with Crippen molar-refractivity contribution in [3.8, 4) is 12.3 Å². The molecule has 2 aromatic rings. The predicted molar refractivity (Wildman–Crippen MR) is 120 cm³/mol. The molecule has 32 heavy (non-hydrogen) atoms. The zero-order chi connectivity index (χ0) is 23.8. The highest BCUT2D eigenvalue weighted by Gasteiger charge is 2.26. The molecule has 3 amide bonds. The van der Waals surface area contributed by atoms with Crippen molar-refractivity contribution in [3.63, 3.8) is 0 Å². The number of anilines is 1. The minimum Gasteiger partial charge on any atom is -0.345 e. The second-order valence-corrected chi connectivity index (χ2v) is 7.52. The molecule has 0 aliphatic rings. The van der Waals surface area contributed by atoms with Crippen LogP contribution in [0.25, 0.3) is 0 Å². The molecule has 2 rings (SSSR count). The first kappa shape index (κ1) is 24.4. The molecule has 2 aromatic carbocycles. The molecule has 0 saturated heterocycles. The van der Waals surface area contributed by atoms with Gasteiger partial charge in [0.25, 0.3) is 11.6 Å². The first-order valence-electron chi connectivity index (χ1n) is 9.51. The number of hydrogen-bond acceptors (Lipinski definition) is 5. The van der Waals surface area contributed by atoms with Crippen LogP contribution in [0, 0.1) is 28.4 Å². The molecular formula is C22H21ClN4O5. The van der Waals surface area contributed by atoms with Gasteiger partial charge < -0.3 is 16.0 Å². The summed E-state index contributed by atoms with van der Waals surface area (Å²) in [7, 11) is 0. The Bertz CT molecular complexity index is 1090. The van der Waals surface area contributed by atoms with E-state index >= 15 is 0 Å². The molecule has 0 radical (unpaired) electrons. The van der Waals surface area contributed by atoms with Crippen molar-refractivity contribution in [1.29, 1.82) is 0 Å². The SMILES string of the molecule is C#Cc1cccc(NC(=O)CNC(=O)C(NC(=O)c2ccc(Cl)c([N+](=O)[O-])c2)C(C)C)c1. The summed E-state index contributed by atoms with van der Waals surface area (Å²) >= 11 is 5.76. The number of nitrogens with one attached hydrogen (secondary N) is 3. The summed E-state index contributed by atoms with van der Waals surface area (Å²) in [6.45, 7) is 3.09. The molecule has 0 aliphatic heterocycles. The summed E-state index contributed by atoms with van der Waals surface area (Å²) in [5.41, 5.74) is 0.635. The molecule has 0 aromatic heterocycles. The van der Waals surface area contributed by atoms with Crippen molar-refractivity contribution in [2.24, 2.45) is 5.92 Å². The van der Waals surface area contributed by atoms with Crippen molar-refractivity contribution >= 4 is 40.7 Å². The first-order valence-corrected chi connectivity index (χ1v) is 9.89.